The lowest BCUT2D eigenvalue weighted by Crippen LogP contribution is -2.38. The number of primary amides is 1. The van der Waals surface area contributed by atoms with E-state index in [1.54, 1.807) is 7.11 Å². The molecule has 2 aromatic carbocycles. The number of benzene rings is 2. The van der Waals surface area contributed by atoms with E-state index in [2.05, 4.69) is 9.62 Å². The van der Waals surface area contributed by atoms with E-state index in [4.69, 9.17) is 15.2 Å². The van der Waals surface area contributed by atoms with Crippen LogP contribution in [-0.4, -0.2) is 53.1 Å². The van der Waals surface area contributed by atoms with E-state index in [0.29, 0.717) is 0 Å². The van der Waals surface area contributed by atoms with Gasteiger partial charge in [0.05, 0.1) is 24.7 Å². The molecule has 0 bridgehead atoms. The molecule has 8 nitrogen and oxygen atoms in total. The highest BCUT2D eigenvalue weighted by Gasteiger charge is 2.23. The number of nitrogens with two attached hydrogens (primary N) is 1. The number of nitrogens with one attached hydrogen (secondary N) is 1. The van der Waals surface area contributed by atoms with Gasteiger partial charge in [-0.25, -0.2) is 13.1 Å². The van der Waals surface area contributed by atoms with Crippen LogP contribution in [0.1, 0.15) is 35.8 Å². The highest BCUT2D eigenvalue weighted by molar-refractivity contribution is 7.89. The second kappa shape index (κ2) is 10.4. The monoisotopic (exact) mass is 435 g/mol. The lowest BCUT2D eigenvalue weighted by Gasteiger charge is -2.30. The zero-order valence-corrected chi connectivity index (χ0v) is 18.5. The Morgan fingerprint density at radius 3 is 2.20 bits per heavy atom. The van der Waals surface area contributed by atoms with Gasteiger partial charge in [-0.1, -0.05) is 26.0 Å². The van der Waals surface area contributed by atoms with E-state index in [1.807, 2.05) is 38.1 Å². The summed E-state index contributed by atoms with van der Waals surface area (Å²) in [4.78, 5) is 13.7. The number of likely N-dealkylation sites (N-methyl/N-ethyl adjacent to an activating group) is 1. The summed E-state index contributed by atoms with van der Waals surface area (Å²) in [5.41, 5.74) is 6.33. The number of sulfonamides is 1. The Balaban J connectivity index is 2.30. The summed E-state index contributed by atoms with van der Waals surface area (Å²) < 4.78 is 38.7. The SMILES string of the molecule is CCN(CC)C(CNS(=O)(=O)c1ccc(OC)c(C(N)=O)c1)c1ccc(OC)cc1. The van der Waals surface area contributed by atoms with E-state index in [-0.39, 0.29) is 28.8 Å². The largest absolute Gasteiger partial charge is 0.497 e. The second-order valence-electron chi connectivity index (χ2n) is 6.59. The second-order valence-corrected chi connectivity index (χ2v) is 8.36. The molecule has 0 aliphatic rings. The highest BCUT2D eigenvalue weighted by Crippen LogP contribution is 2.25. The molecule has 2 rings (SSSR count). The molecule has 0 aromatic heterocycles. The summed E-state index contributed by atoms with van der Waals surface area (Å²) in [6, 6.07) is 11.4. The van der Waals surface area contributed by atoms with Crippen LogP contribution in [0.3, 0.4) is 0 Å². The Morgan fingerprint density at radius 1 is 1.07 bits per heavy atom. The molecule has 0 saturated carbocycles. The summed E-state index contributed by atoms with van der Waals surface area (Å²) >= 11 is 0. The maximum absolute atomic E-state index is 12.9. The van der Waals surface area contributed by atoms with Crippen LogP contribution >= 0.6 is 0 Å². The van der Waals surface area contributed by atoms with Crippen molar-refractivity contribution in [3.63, 3.8) is 0 Å². The Morgan fingerprint density at radius 2 is 1.70 bits per heavy atom. The molecule has 30 heavy (non-hydrogen) atoms. The number of carbonyl (C=O) groups excluding carboxylic acids is 1. The lowest BCUT2D eigenvalue weighted by atomic mass is 10.1. The van der Waals surface area contributed by atoms with E-state index in [0.717, 1.165) is 24.4 Å². The summed E-state index contributed by atoms with van der Waals surface area (Å²) in [7, 11) is -0.888. The fraction of sp³-hybridized carbons (Fsp3) is 0.381. The smallest absolute Gasteiger partial charge is 0.252 e. The number of carbonyl (C=O) groups is 1. The third-order valence-electron chi connectivity index (χ3n) is 4.97. The van der Waals surface area contributed by atoms with Crippen LogP contribution in [0.4, 0.5) is 0 Å². The zero-order chi connectivity index (χ0) is 22.3. The van der Waals surface area contributed by atoms with Crippen molar-refractivity contribution >= 4 is 15.9 Å². The minimum Gasteiger partial charge on any atom is -0.497 e. The van der Waals surface area contributed by atoms with Crippen molar-refractivity contribution in [3.8, 4) is 11.5 Å². The van der Waals surface area contributed by atoms with Gasteiger partial charge in [0.25, 0.3) is 5.91 Å². The first-order chi connectivity index (χ1) is 14.3. The van der Waals surface area contributed by atoms with Gasteiger partial charge in [0, 0.05) is 12.6 Å². The molecule has 9 heteroatoms. The van der Waals surface area contributed by atoms with Crippen LogP contribution in [0, 0.1) is 0 Å². The number of amides is 1. The maximum atomic E-state index is 12.9. The minimum atomic E-state index is -3.87. The molecular formula is C21H29N3O5S. The summed E-state index contributed by atoms with van der Waals surface area (Å²) in [5, 5.41) is 0. The molecule has 0 saturated heterocycles. The predicted octanol–water partition coefficient (Wildman–Crippen LogP) is 2.16. The van der Waals surface area contributed by atoms with Gasteiger partial charge >= 0.3 is 0 Å². The van der Waals surface area contributed by atoms with Gasteiger partial charge < -0.3 is 15.2 Å². The first kappa shape index (κ1) is 23.7. The number of hydrogen-bond donors (Lipinski definition) is 2. The fourth-order valence-corrected chi connectivity index (χ4v) is 4.33. The van der Waals surface area contributed by atoms with Crippen molar-refractivity contribution in [1.29, 1.82) is 0 Å². The molecule has 0 aliphatic carbocycles. The molecule has 164 valence electrons. The Bertz CT molecular complexity index is 957. The van der Waals surface area contributed by atoms with Gasteiger partial charge in [0.1, 0.15) is 11.5 Å². The summed E-state index contributed by atoms with van der Waals surface area (Å²) in [6.45, 7) is 5.72. The molecule has 1 atom stereocenters. The molecular weight excluding hydrogens is 406 g/mol. The molecule has 0 fully saturated rings. The van der Waals surface area contributed by atoms with Crippen LogP contribution in [-0.2, 0) is 10.0 Å². The predicted molar refractivity (Wildman–Crippen MR) is 115 cm³/mol. The first-order valence-corrected chi connectivity index (χ1v) is 11.1. The lowest BCUT2D eigenvalue weighted by molar-refractivity contribution is 0.0997. The third kappa shape index (κ3) is 5.50. The van der Waals surface area contributed by atoms with Gasteiger partial charge in [0.15, 0.2) is 0 Å². The standard InChI is InChI=1S/C21H29N3O5S/c1-5-24(6-2)19(15-7-9-16(28-3)10-8-15)14-23-30(26,27)17-11-12-20(29-4)18(13-17)21(22)25/h7-13,19,23H,5-6,14H2,1-4H3,(H2,22,25). The molecule has 0 spiro atoms. The van der Waals surface area contributed by atoms with Crippen molar-refractivity contribution in [2.24, 2.45) is 5.73 Å². The Labute approximate surface area is 178 Å². The molecule has 0 radical (unpaired) electrons. The van der Waals surface area contributed by atoms with Crippen molar-refractivity contribution in [3.05, 3.63) is 53.6 Å². The Hall–Kier alpha value is -2.62. The van der Waals surface area contributed by atoms with E-state index < -0.39 is 15.9 Å². The van der Waals surface area contributed by atoms with Gasteiger partial charge in [-0.15, -0.1) is 0 Å². The number of methoxy groups -OCH3 is 2. The average molecular weight is 436 g/mol. The molecule has 1 amide bonds. The topological polar surface area (TPSA) is 111 Å². The van der Waals surface area contributed by atoms with Crippen molar-refractivity contribution < 1.29 is 22.7 Å². The number of hydrogen-bond acceptors (Lipinski definition) is 6. The maximum Gasteiger partial charge on any atom is 0.252 e. The molecule has 0 aliphatic heterocycles. The zero-order valence-electron chi connectivity index (χ0n) is 17.7. The highest BCUT2D eigenvalue weighted by atomic mass is 32.2. The van der Waals surface area contributed by atoms with Crippen molar-refractivity contribution in [2.45, 2.75) is 24.8 Å². The van der Waals surface area contributed by atoms with E-state index >= 15 is 0 Å². The summed E-state index contributed by atoms with van der Waals surface area (Å²) in [6.07, 6.45) is 0. The summed E-state index contributed by atoms with van der Waals surface area (Å²) in [5.74, 6) is 0.193. The number of rotatable bonds is 11. The van der Waals surface area contributed by atoms with Crippen LogP contribution in [0.15, 0.2) is 47.4 Å². The van der Waals surface area contributed by atoms with Gasteiger partial charge in [0.2, 0.25) is 10.0 Å². The van der Waals surface area contributed by atoms with Crippen LogP contribution in [0.5, 0.6) is 11.5 Å². The van der Waals surface area contributed by atoms with Crippen LogP contribution < -0.4 is 19.9 Å². The first-order valence-electron chi connectivity index (χ1n) is 9.62. The van der Waals surface area contributed by atoms with Gasteiger partial charge in [-0.3, -0.25) is 9.69 Å². The molecule has 0 heterocycles. The van der Waals surface area contributed by atoms with Crippen LogP contribution in [0.2, 0.25) is 0 Å². The molecule has 2 aromatic rings. The number of ether oxygens (including phenoxy) is 2. The van der Waals surface area contributed by atoms with Crippen LogP contribution in [0.25, 0.3) is 0 Å². The minimum absolute atomic E-state index is 0.0100. The van der Waals surface area contributed by atoms with E-state index in [9.17, 15) is 13.2 Å². The van der Waals surface area contributed by atoms with Gasteiger partial charge in [-0.2, -0.15) is 0 Å². The van der Waals surface area contributed by atoms with Crippen molar-refractivity contribution in [1.82, 2.24) is 9.62 Å². The Kier molecular flexibility index (Phi) is 8.22. The van der Waals surface area contributed by atoms with Crippen molar-refractivity contribution in [2.75, 3.05) is 33.9 Å². The van der Waals surface area contributed by atoms with E-state index in [1.165, 1.54) is 25.3 Å². The van der Waals surface area contributed by atoms with Gasteiger partial charge in [-0.05, 0) is 49.0 Å². The third-order valence-corrected chi connectivity index (χ3v) is 6.39. The number of nitrogens with zero attached hydrogens (tertiary/aromatic N) is 1. The molecule has 1 unspecified atom stereocenters. The normalized spacial score (nSPS) is 12.6. The average Bonchev–Trinajstić information content (AvgIpc) is 2.76. The quantitative estimate of drug-likeness (QED) is 0.560. The fourth-order valence-electron chi connectivity index (χ4n) is 3.27. The molecule has 3 N–H and O–H groups in total.